The number of likely N-dealkylation sites (tertiary alicyclic amines) is 1. The second kappa shape index (κ2) is 6.81. The third kappa shape index (κ3) is 3.07. The third-order valence-corrected chi connectivity index (χ3v) is 6.34. The fourth-order valence-electron chi connectivity index (χ4n) is 5.11. The summed E-state index contributed by atoms with van der Waals surface area (Å²) in [6.45, 7) is 1.01. The van der Waals surface area contributed by atoms with Crippen molar-refractivity contribution in [3.05, 3.63) is 12.2 Å². The molecule has 1 heterocycles. The number of allylic oxidation sites excluding steroid dienone is 2. The third-order valence-electron chi connectivity index (χ3n) is 6.34. The van der Waals surface area contributed by atoms with Gasteiger partial charge in [-0.05, 0) is 37.5 Å². The van der Waals surface area contributed by atoms with Crippen molar-refractivity contribution in [1.29, 1.82) is 0 Å². The second-order valence-corrected chi connectivity index (χ2v) is 7.93. The first-order valence-corrected chi connectivity index (χ1v) is 9.75. The van der Waals surface area contributed by atoms with E-state index < -0.39 is 0 Å². The predicted octanol–water partition coefficient (Wildman–Crippen LogP) is 1.42. The van der Waals surface area contributed by atoms with Crippen molar-refractivity contribution in [2.45, 2.75) is 51.0 Å². The molecule has 1 saturated heterocycles. The Labute approximate surface area is 148 Å². The minimum Gasteiger partial charge on any atom is -0.370 e. The zero-order valence-electron chi connectivity index (χ0n) is 14.7. The maximum absolute atomic E-state index is 12.6. The van der Waals surface area contributed by atoms with Crippen molar-refractivity contribution in [3.63, 3.8) is 0 Å². The van der Waals surface area contributed by atoms with Gasteiger partial charge in [0.05, 0.1) is 11.8 Å². The highest BCUT2D eigenvalue weighted by Crippen LogP contribution is 2.52. The number of carbonyl (C=O) groups is 2. The van der Waals surface area contributed by atoms with E-state index >= 15 is 0 Å². The predicted molar refractivity (Wildman–Crippen MR) is 95.6 cm³/mol. The lowest BCUT2D eigenvalue weighted by molar-refractivity contribution is -0.140. The van der Waals surface area contributed by atoms with Crippen LogP contribution in [0.3, 0.4) is 0 Å². The quantitative estimate of drug-likeness (QED) is 0.260. The van der Waals surface area contributed by atoms with E-state index in [-0.39, 0.29) is 35.5 Å². The van der Waals surface area contributed by atoms with Gasteiger partial charge in [0.15, 0.2) is 5.96 Å². The van der Waals surface area contributed by atoms with E-state index in [1.54, 1.807) is 0 Å². The average Bonchev–Trinajstić information content (AvgIpc) is 3.28. The number of imide groups is 1. The van der Waals surface area contributed by atoms with Gasteiger partial charge < -0.3 is 11.1 Å². The minimum atomic E-state index is -0.0935. The van der Waals surface area contributed by atoms with E-state index in [9.17, 15) is 9.59 Å². The van der Waals surface area contributed by atoms with Crippen LogP contribution in [0.15, 0.2) is 17.1 Å². The Morgan fingerprint density at radius 3 is 2.40 bits per heavy atom. The minimum absolute atomic E-state index is 0.0316. The maximum Gasteiger partial charge on any atom is 0.233 e. The fraction of sp³-hybridized carbons (Fsp3) is 0.737. The summed E-state index contributed by atoms with van der Waals surface area (Å²) in [6, 6.07) is 0.446. The number of guanidine groups is 1. The lowest BCUT2D eigenvalue weighted by Gasteiger charge is -2.23. The number of amides is 2. The number of fused-ring (bicyclic) bond motifs is 5. The van der Waals surface area contributed by atoms with Crippen molar-refractivity contribution < 1.29 is 9.59 Å². The molecule has 2 bridgehead atoms. The first-order valence-electron chi connectivity index (χ1n) is 9.75. The Morgan fingerprint density at radius 1 is 1.12 bits per heavy atom. The normalized spacial score (nSPS) is 34.9. The number of hydrogen-bond donors (Lipinski definition) is 2. The summed E-state index contributed by atoms with van der Waals surface area (Å²) in [6.07, 6.45) is 12.0. The number of aliphatic imine (C=N–C) groups is 1. The van der Waals surface area contributed by atoms with Crippen LogP contribution in [0.5, 0.6) is 0 Å². The number of nitrogens with two attached hydrogens (primary N) is 1. The van der Waals surface area contributed by atoms with E-state index in [1.807, 2.05) is 0 Å². The molecule has 2 saturated carbocycles. The van der Waals surface area contributed by atoms with Crippen molar-refractivity contribution in [3.8, 4) is 0 Å². The molecular weight excluding hydrogens is 316 g/mol. The summed E-state index contributed by atoms with van der Waals surface area (Å²) in [5, 5.41) is 3.29. The van der Waals surface area contributed by atoms with Crippen molar-refractivity contribution in [2.75, 3.05) is 13.1 Å². The van der Waals surface area contributed by atoms with Gasteiger partial charge in [-0.1, -0.05) is 31.4 Å². The summed E-state index contributed by atoms with van der Waals surface area (Å²) in [4.78, 5) is 31.0. The number of nitrogens with zero attached hydrogens (tertiary/aromatic N) is 2. The SMILES string of the molecule is NC(=NCCCN1C(=O)C2C3C=CC(C3)C2C1=O)NC1CCCCC1. The highest BCUT2D eigenvalue weighted by Gasteiger charge is 2.58. The molecule has 2 amide bonds. The summed E-state index contributed by atoms with van der Waals surface area (Å²) < 4.78 is 0. The largest absolute Gasteiger partial charge is 0.370 e. The van der Waals surface area contributed by atoms with Crippen LogP contribution in [0.25, 0.3) is 0 Å². The molecule has 3 N–H and O–H groups in total. The zero-order chi connectivity index (χ0) is 17.4. The van der Waals surface area contributed by atoms with Crippen LogP contribution >= 0.6 is 0 Å². The Balaban J connectivity index is 1.24. The Kier molecular flexibility index (Phi) is 4.52. The topological polar surface area (TPSA) is 87.8 Å². The molecule has 136 valence electrons. The van der Waals surface area contributed by atoms with E-state index in [2.05, 4.69) is 22.5 Å². The van der Waals surface area contributed by atoms with Crippen LogP contribution in [0.1, 0.15) is 44.9 Å². The van der Waals surface area contributed by atoms with Crippen molar-refractivity contribution in [1.82, 2.24) is 10.2 Å². The molecule has 25 heavy (non-hydrogen) atoms. The molecule has 4 unspecified atom stereocenters. The monoisotopic (exact) mass is 344 g/mol. The van der Waals surface area contributed by atoms with Gasteiger partial charge in [-0.3, -0.25) is 19.5 Å². The molecule has 0 aromatic carbocycles. The molecule has 6 nitrogen and oxygen atoms in total. The average molecular weight is 344 g/mol. The van der Waals surface area contributed by atoms with Crippen LogP contribution in [0.4, 0.5) is 0 Å². The lowest BCUT2D eigenvalue weighted by atomic mass is 9.85. The van der Waals surface area contributed by atoms with Crippen molar-refractivity contribution in [2.24, 2.45) is 34.4 Å². The van der Waals surface area contributed by atoms with Gasteiger partial charge in [0, 0.05) is 19.1 Å². The highest BCUT2D eigenvalue weighted by molar-refractivity contribution is 6.06. The van der Waals surface area contributed by atoms with Crippen LogP contribution in [0.2, 0.25) is 0 Å². The molecule has 6 heteroatoms. The van der Waals surface area contributed by atoms with Crippen LogP contribution < -0.4 is 11.1 Å². The van der Waals surface area contributed by atoms with Gasteiger partial charge in [0.25, 0.3) is 0 Å². The Bertz CT molecular complexity index is 579. The molecule has 3 fully saturated rings. The fourth-order valence-corrected chi connectivity index (χ4v) is 5.11. The number of hydrogen-bond acceptors (Lipinski definition) is 3. The first-order chi connectivity index (χ1) is 12.1. The summed E-state index contributed by atoms with van der Waals surface area (Å²) in [5.41, 5.74) is 5.96. The lowest BCUT2D eigenvalue weighted by Crippen LogP contribution is -2.41. The molecule has 0 spiro atoms. The summed E-state index contributed by atoms with van der Waals surface area (Å²) >= 11 is 0. The van der Waals surface area contributed by atoms with Crippen LogP contribution in [-0.2, 0) is 9.59 Å². The number of carbonyl (C=O) groups excluding carboxylic acids is 2. The zero-order valence-corrected chi connectivity index (χ0v) is 14.7. The van der Waals surface area contributed by atoms with Gasteiger partial charge in [-0.2, -0.15) is 0 Å². The molecule has 0 aromatic heterocycles. The summed E-state index contributed by atoms with van der Waals surface area (Å²) in [5.74, 6) is 0.932. The molecule has 4 aliphatic rings. The van der Waals surface area contributed by atoms with Gasteiger partial charge in [-0.25, -0.2) is 0 Å². The van der Waals surface area contributed by atoms with Crippen LogP contribution in [0, 0.1) is 23.7 Å². The number of rotatable bonds is 5. The smallest absolute Gasteiger partial charge is 0.233 e. The van der Waals surface area contributed by atoms with Crippen molar-refractivity contribution >= 4 is 17.8 Å². The first kappa shape index (κ1) is 16.6. The molecule has 0 radical (unpaired) electrons. The Morgan fingerprint density at radius 2 is 1.76 bits per heavy atom. The molecule has 3 aliphatic carbocycles. The molecule has 4 rings (SSSR count). The van der Waals surface area contributed by atoms with Crippen LogP contribution in [-0.4, -0.2) is 41.8 Å². The highest BCUT2D eigenvalue weighted by atomic mass is 16.2. The van der Waals surface area contributed by atoms with Gasteiger partial charge in [0.2, 0.25) is 11.8 Å². The second-order valence-electron chi connectivity index (χ2n) is 7.93. The summed E-state index contributed by atoms with van der Waals surface area (Å²) in [7, 11) is 0. The van der Waals surface area contributed by atoms with E-state index in [4.69, 9.17) is 5.73 Å². The standard InChI is InChI=1S/C19H28N4O2/c20-19(22-14-5-2-1-3-6-14)21-9-4-10-23-17(24)15-12-7-8-13(11-12)16(15)18(23)25/h7-8,12-16H,1-6,9-11H2,(H3,20,21,22). The van der Waals surface area contributed by atoms with E-state index in [1.165, 1.54) is 24.2 Å². The van der Waals surface area contributed by atoms with Gasteiger partial charge >= 0.3 is 0 Å². The molecule has 0 aromatic rings. The van der Waals surface area contributed by atoms with Gasteiger partial charge in [0.1, 0.15) is 0 Å². The van der Waals surface area contributed by atoms with E-state index in [0.717, 1.165) is 19.3 Å². The molecular formula is C19H28N4O2. The number of nitrogens with one attached hydrogen (secondary N) is 1. The Hall–Kier alpha value is -1.85. The molecule has 1 aliphatic heterocycles. The van der Waals surface area contributed by atoms with Gasteiger partial charge in [-0.15, -0.1) is 0 Å². The molecule has 4 atom stereocenters. The van der Waals surface area contributed by atoms with E-state index in [0.29, 0.717) is 31.5 Å². The maximum atomic E-state index is 12.6.